The van der Waals surface area contributed by atoms with Crippen molar-refractivity contribution in [1.29, 1.82) is 5.26 Å². The first-order valence-electron chi connectivity index (χ1n) is 3.98. The van der Waals surface area contributed by atoms with E-state index in [-0.39, 0.29) is 0 Å². The van der Waals surface area contributed by atoms with Gasteiger partial charge in [0.2, 0.25) is 0 Å². The number of rotatable bonds is 2. The first-order chi connectivity index (χ1) is 6.27. The largest absolute Gasteiger partial charge is 0.193 e. The highest BCUT2D eigenvalue weighted by Gasteiger charge is 1.98. The maximum absolute atomic E-state index is 8.54. The van der Waals surface area contributed by atoms with E-state index in [1.54, 1.807) is 17.8 Å². The van der Waals surface area contributed by atoms with Crippen LogP contribution in [-0.4, -0.2) is 6.26 Å². The lowest BCUT2D eigenvalue weighted by Gasteiger charge is -2.02. The molecule has 0 saturated carbocycles. The van der Waals surface area contributed by atoms with Crippen molar-refractivity contribution in [3.05, 3.63) is 41.5 Å². The zero-order chi connectivity index (χ0) is 9.68. The van der Waals surface area contributed by atoms with Gasteiger partial charge in [-0.15, -0.1) is 11.8 Å². The van der Waals surface area contributed by atoms with Gasteiger partial charge in [-0.05, 0) is 18.7 Å². The van der Waals surface area contributed by atoms with E-state index in [0.717, 1.165) is 10.5 Å². The summed E-state index contributed by atoms with van der Waals surface area (Å²) in [5, 5.41) is 8.54. The Bertz CT molecular complexity index is 343. The molecule has 0 N–H and O–H groups in total. The Morgan fingerprint density at radius 3 is 2.46 bits per heavy atom. The summed E-state index contributed by atoms with van der Waals surface area (Å²) in [6, 6.07) is 10.2. The molecule has 13 heavy (non-hydrogen) atoms. The van der Waals surface area contributed by atoms with Crippen LogP contribution in [0.5, 0.6) is 0 Å². The molecule has 1 nitrogen and oxygen atoms in total. The predicted molar refractivity (Wildman–Crippen MR) is 58.3 cm³/mol. The minimum absolute atomic E-state index is 1.02. The van der Waals surface area contributed by atoms with Crippen LogP contribution in [-0.2, 0) is 0 Å². The fourth-order valence-electron chi connectivity index (χ4n) is 1.04. The summed E-state index contributed by atoms with van der Waals surface area (Å²) in [5.74, 6) is 0. The van der Waals surface area contributed by atoms with E-state index in [0.29, 0.717) is 0 Å². The van der Waals surface area contributed by atoms with E-state index in [1.807, 2.05) is 24.5 Å². The lowest BCUT2D eigenvalue weighted by atomic mass is 10.1. The van der Waals surface area contributed by atoms with Crippen molar-refractivity contribution >= 4 is 16.7 Å². The number of hydrogen-bond donors (Lipinski definition) is 0. The first kappa shape index (κ1) is 9.88. The van der Waals surface area contributed by atoms with Crippen molar-refractivity contribution < 1.29 is 0 Å². The second kappa shape index (κ2) is 4.74. The van der Waals surface area contributed by atoms with Crippen LogP contribution in [0.15, 0.2) is 30.3 Å². The van der Waals surface area contributed by atoms with Gasteiger partial charge in [0.25, 0.3) is 0 Å². The minimum Gasteiger partial charge on any atom is -0.193 e. The monoisotopic (exact) mass is 189 g/mol. The highest BCUT2D eigenvalue weighted by Crippen LogP contribution is 2.24. The molecule has 0 amide bonds. The fraction of sp³-hybridized carbons (Fsp3) is 0.182. The third kappa shape index (κ3) is 2.64. The van der Waals surface area contributed by atoms with Crippen molar-refractivity contribution in [2.45, 2.75) is 6.92 Å². The van der Waals surface area contributed by atoms with Crippen LogP contribution in [0.3, 0.4) is 0 Å². The predicted octanol–water partition coefficient (Wildman–Crippen LogP) is 3.22. The standard InChI is InChI=1S/C11H11NS/c1-9-3-5-10(6-4-9)11(13-2)7-8-12/h3-7H,1-2H3/b11-7+. The molecule has 66 valence electrons. The molecule has 0 aliphatic heterocycles. The lowest BCUT2D eigenvalue weighted by molar-refractivity contribution is 1.46. The number of allylic oxidation sites excluding steroid dienone is 1. The molecule has 0 aliphatic rings. The molecule has 0 aliphatic carbocycles. The van der Waals surface area contributed by atoms with Crippen LogP contribution in [0.2, 0.25) is 0 Å². The Kier molecular flexibility index (Phi) is 3.60. The van der Waals surface area contributed by atoms with Crippen molar-refractivity contribution in [2.75, 3.05) is 6.26 Å². The number of hydrogen-bond acceptors (Lipinski definition) is 2. The third-order valence-electron chi connectivity index (χ3n) is 1.75. The van der Waals surface area contributed by atoms with E-state index >= 15 is 0 Å². The Hall–Kier alpha value is -1.20. The maximum atomic E-state index is 8.54. The average molecular weight is 189 g/mol. The topological polar surface area (TPSA) is 23.8 Å². The molecular formula is C11H11NS. The van der Waals surface area contributed by atoms with Crippen LogP contribution in [0.4, 0.5) is 0 Å². The van der Waals surface area contributed by atoms with Crippen molar-refractivity contribution in [1.82, 2.24) is 0 Å². The Labute approximate surface area is 83.1 Å². The van der Waals surface area contributed by atoms with Gasteiger partial charge in [0.05, 0.1) is 6.07 Å². The molecule has 0 heterocycles. The summed E-state index contributed by atoms with van der Waals surface area (Å²) in [7, 11) is 0. The first-order valence-corrected chi connectivity index (χ1v) is 5.21. The quantitative estimate of drug-likeness (QED) is 0.667. The molecule has 0 saturated heterocycles. The molecule has 0 fully saturated rings. The Morgan fingerprint density at radius 2 is 2.00 bits per heavy atom. The normalized spacial score (nSPS) is 11.0. The number of nitrogens with zero attached hydrogens (tertiary/aromatic N) is 1. The summed E-state index contributed by atoms with van der Waals surface area (Å²) >= 11 is 1.59. The van der Waals surface area contributed by atoms with E-state index in [2.05, 4.69) is 19.1 Å². The zero-order valence-electron chi connectivity index (χ0n) is 7.74. The summed E-state index contributed by atoms with van der Waals surface area (Å²) in [6.07, 6.45) is 3.55. The van der Waals surface area contributed by atoms with Gasteiger partial charge in [-0.2, -0.15) is 5.26 Å². The molecule has 0 bridgehead atoms. The van der Waals surface area contributed by atoms with Gasteiger partial charge in [0.1, 0.15) is 0 Å². The summed E-state index contributed by atoms with van der Waals surface area (Å²) < 4.78 is 0. The van der Waals surface area contributed by atoms with Gasteiger partial charge >= 0.3 is 0 Å². The molecule has 0 radical (unpaired) electrons. The van der Waals surface area contributed by atoms with Gasteiger partial charge < -0.3 is 0 Å². The Morgan fingerprint density at radius 1 is 1.38 bits per heavy atom. The van der Waals surface area contributed by atoms with Gasteiger partial charge in [0, 0.05) is 11.0 Å². The molecular weight excluding hydrogens is 178 g/mol. The van der Waals surface area contributed by atoms with Gasteiger partial charge in [-0.3, -0.25) is 0 Å². The molecule has 0 atom stereocenters. The van der Waals surface area contributed by atoms with E-state index in [1.165, 1.54) is 5.56 Å². The van der Waals surface area contributed by atoms with Crippen molar-refractivity contribution in [2.24, 2.45) is 0 Å². The highest BCUT2D eigenvalue weighted by molar-refractivity contribution is 8.07. The van der Waals surface area contributed by atoms with Gasteiger partial charge in [-0.25, -0.2) is 0 Å². The number of thioether (sulfide) groups is 1. The second-order valence-electron chi connectivity index (χ2n) is 2.71. The smallest absolute Gasteiger partial charge is 0.0923 e. The zero-order valence-corrected chi connectivity index (χ0v) is 8.56. The SMILES string of the molecule is CS/C(=C/C#N)c1ccc(C)cc1. The fourth-order valence-corrected chi connectivity index (χ4v) is 1.58. The van der Waals surface area contributed by atoms with Crippen LogP contribution in [0.25, 0.3) is 4.91 Å². The van der Waals surface area contributed by atoms with Crippen LogP contribution >= 0.6 is 11.8 Å². The van der Waals surface area contributed by atoms with Gasteiger partial charge in [0.15, 0.2) is 0 Å². The molecule has 1 aromatic carbocycles. The molecule has 0 unspecified atom stereocenters. The summed E-state index contributed by atoms with van der Waals surface area (Å²) in [4.78, 5) is 1.02. The summed E-state index contributed by atoms with van der Waals surface area (Å²) in [5.41, 5.74) is 2.35. The third-order valence-corrected chi connectivity index (χ3v) is 2.55. The number of benzene rings is 1. The number of nitriles is 1. The van der Waals surface area contributed by atoms with Gasteiger partial charge in [-0.1, -0.05) is 29.8 Å². The number of aryl methyl sites for hydroxylation is 1. The molecule has 0 spiro atoms. The van der Waals surface area contributed by atoms with E-state index in [9.17, 15) is 0 Å². The Balaban J connectivity index is 3.01. The van der Waals surface area contributed by atoms with E-state index < -0.39 is 0 Å². The van der Waals surface area contributed by atoms with Crippen LogP contribution in [0.1, 0.15) is 11.1 Å². The van der Waals surface area contributed by atoms with Crippen LogP contribution < -0.4 is 0 Å². The highest BCUT2D eigenvalue weighted by atomic mass is 32.2. The van der Waals surface area contributed by atoms with E-state index in [4.69, 9.17) is 5.26 Å². The second-order valence-corrected chi connectivity index (χ2v) is 3.56. The molecule has 1 rings (SSSR count). The summed E-state index contributed by atoms with van der Waals surface area (Å²) in [6.45, 7) is 2.05. The molecule has 1 aromatic rings. The lowest BCUT2D eigenvalue weighted by Crippen LogP contribution is -1.79. The molecule has 0 aromatic heterocycles. The minimum atomic E-state index is 1.02. The molecule has 2 heteroatoms. The van der Waals surface area contributed by atoms with Crippen molar-refractivity contribution in [3.63, 3.8) is 0 Å². The van der Waals surface area contributed by atoms with Crippen molar-refractivity contribution in [3.8, 4) is 6.07 Å². The maximum Gasteiger partial charge on any atom is 0.0923 e. The van der Waals surface area contributed by atoms with Crippen LogP contribution in [0, 0.1) is 18.3 Å². The average Bonchev–Trinajstić information content (AvgIpc) is 2.16.